The van der Waals surface area contributed by atoms with Gasteiger partial charge in [-0.2, -0.15) is 0 Å². The summed E-state index contributed by atoms with van der Waals surface area (Å²) in [5.74, 6) is -0.0766. The first-order chi connectivity index (χ1) is 7.63. The number of carbonyl (C=O) groups excluding carboxylic acids is 1. The third-order valence-electron chi connectivity index (χ3n) is 3.09. The fourth-order valence-corrected chi connectivity index (χ4v) is 2.22. The molecule has 0 saturated carbocycles. The van der Waals surface area contributed by atoms with Gasteiger partial charge in [0.05, 0.1) is 13.0 Å². The zero-order valence-electron chi connectivity index (χ0n) is 10.7. The van der Waals surface area contributed by atoms with E-state index in [0.29, 0.717) is 19.1 Å². The third kappa shape index (κ3) is 4.49. The van der Waals surface area contributed by atoms with Gasteiger partial charge in [-0.05, 0) is 40.4 Å². The lowest BCUT2D eigenvalue weighted by molar-refractivity contribution is -0.143. The van der Waals surface area contributed by atoms with E-state index in [0.717, 1.165) is 26.2 Å². The number of esters is 1. The molecular formula is C12H24N2O2. The lowest BCUT2D eigenvalue weighted by Gasteiger charge is -2.27. The highest BCUT2D eigenvalue weighted by Gasteiger charge is 2.19. The van der Waals surface area contributed by atoms with Gasteiger partial charge in [-0.3, -0.25) is 9.69 Å². The molecular weight excluding hydrogens is 204 g/mol. The summed E-state index contributed by atoms with van der Waals surface area (Å²) in [7, 11) is 2.16. The first kappa shape index (κ1) is 13.5. The summed E-state index contributed by atoms with van der Waals surface area (Å²) in [6.45, 7) is 8.72. The van der Waals surface area contributed by atoms with E-state index in [9.17, 15) is 4.79 Å². The van der Waals surface area contributed by atoms with Gasteiger partial charge in [0.25, 0.3) is 0 Å². The lowest BCUT2D eigenvalue weighted by Crippen LogP contribution is -2.39. The standard InChI is InChI=1S/C12H24N2O2/c1-4-16-12(15)6-9-14-8-5-7-13(3)10-11(14)2/h11H,4-10H2,1-3H3. The van der Waals surface area contributed by atoms with Crippen LogP contribution in [0.3, 0.4) is 0 Å². The van der Waals surface area contributed by atoms with Crippen molar-refractivity contribution >= 4 is 5.97 Å². The molecule has 1 atom stereocenters. The van der Waals surface area contributed by atoms with Crippen LogP contribution < -0.4 is 0 Å². The van der Waals surface area contributed by atoms with Crippen LogP contribution >= 0.6 is 0 Å². The van der Waals surface area contributed by atoms with Crippen molar-refractivity contribution in [1.29, 1.82) is 0 Å². The van der Waals surface area contributed by atoms with Crippen LogP contribution in [-0.4, -0.2) is 61.6 Å². The summed E-state index contributed by atoms with van der Waals surface area (Å²) in [6, 6.07) is 0.530. The molecule has 94 valence electrons. The summed E-state index contributed by atoms with van der Waals surface area (Å²) in [5, 5.41) is 0. The number of hydrogen-bond acceptors (Lipinski definition) is 4. The van der Waals surface area contributed by atoms with E-state index in [-0.39, 0.29) is 5.97 Å². The predicted octanol–water partition coefficient (Wildman–Crippen LogP) is 0.966. The molecule has 1 fully saturated rings. The Morgan fingerprint density at radius 1 is 1.44 bits per heavy atom. The highest BCUT2D eigenvalue weighted by atomic mass is 16.5. The van der Waals surface area contributed by atoms with Gasteiger partial charge in [-0.25, -0.2) is 0 Å². The van der Waals surface area contributed by atoms with Crippen LogP contribution in [-0.2, 0) is 9.53 Å². The number of hydrogen-bond donors (Lipinski definition) is 0. The molecule has 0 radical (unpaired) electrons. The van der Waals surface area contributed by atoms with Crippen molar-refractivity contribution in [3.63, 3.8) is 0 Å². The lowest BCUT2D eigenvalue weighted by atomic mass is 10.2. The Morgan fingerprint density at radius 2 is 2.19 bits per heavy atom. The normalized spacial score (nSPS) is 24.1. The van der Waals surface area contributed by atoms with Gasteiger partial charge < -0.3 is 9.64 Å². The van der Waals surface area contributed by atoms with Gasteiger partial charge in [-0.15, -0.1) is 0 Å². The molecule has 0 amide bonds. The molecule has 1 heterocycles. The second-order valence-corrected chi connectivity index (χ2v) is 4.56. The van der Waals surface area contributed by atoms with Gasteiger partial charge in [0.2, 0.25) is 0 Å². The van der Waals surface area contributed by atoms with Crippen molar-refractivity contribution in [2.24, 2.45) is 0 Å². The van der Waals surface area contributed by atoms with Crippen LogP contribution in [0.2, 0.25) is 0 Å². The summed E-state index contributed by atoms with van der Waals surface area (Å²) < 4.78 is 4.94. The van der Waals surface area contributed by atoms with E-state index in [4.69, 9.17) is 4.74 Å². The van der Waals surface area contributed by atoms with Crippen LogP contribution in [0.5, 0.6) is 0 Å². The predicted molar refractivity (Wildman–Crippen MR) is 64.4 cm³/mol. The van der Waals surface area contributed by atoms with E-state index in [2.05, 4.69) is 23.8 Å². The SMILES string of the molecule is CCOC(=O)CCN1CCCN(C)CC1C. The first-order valence-corrected chi connectivity index (χ1v) is 6.21. The summed E-state index contributed by atoms with van der Waals surface area (Å²) >= 11 is 0. The van der Waals surface area contributed by atoms with Crippen molar-refractivity contribution < 1.29 is 9.53 Å². The molecule has 1 aliphatic rings. The average Bonchev–Trinajstić information content (AvgIpc) is 2.37. The van der Waals surface area contributed by atoms with Gasteiger partial charge in [-0.1, -0.05) is 0 Å². The number of rotatable bonds is 4. The molecule has 1 saturated heterocycles. The molecule has 0 spiro atoms. The Morgan fingerprint density at radius 3 is 2.88 bits per heavy atom. The molecule has 0 aromatic rings. The van der Waals surface area contributed by atoms with E-state index >= 15 is 0 Å². The Bertz CT molecular complexity index is 221. The smallest absolute Gasteiger partial charge is 0.307 e. The maximum atomic E-state index is 11.3. The van der Waals surface area contributed by atoms with Gasteiger partial charge in [0.15, 0.2) is 0 Å². The Kier molecular flexibility index (Phi) is 5.77. The molecule has 0 aromatic carbocycles. The Labute approximate surface area is 98.5 Å². The van der Waals surface area contributed by atoms with E-state index in [1.807, 2.05) is 6.92 Å². The van der Waals surface area contributed by atoms with E-state index in [1.165, 1.54) is 6.42 Å². The number of ether oxygens (including phenoxy) is 1. The van der Waals surface area contributed by atoms with Gasteiger partial charge >= 0.3 is 5.97 Å². The molecule has 0 aromatic heterocycles. The summed E-state index contributed by atoms with van der Waals surface area (Å²) in [4.78, 5) is 16.0. The van der Waals surface area contributed by atoms with Crippen molar-refractivity contribution in [1.82, 2.24) is 9.80 Å². The first-order valence-electron chi connectivity index (χ1n) is 6.21. The van der Waals surface area contributed by atoms with Crippen LogP contribution in [0.1, 0.15) is 26.7 Å². The fourth-order valence-electron chi connectivity index (χ4n) is 2.22. The molecule has 1 rings (SSSR count). The van der Waals surface area contributed by atoms with Gasteiger partial charge in [0, 0.05) is 19.1 Å². The minimum absolute atomic E-state index is 0.0766. The quantitative estimate of drug-likeness (QED) is 0.671. The monoisotopic (exact) mass is 228 g/mol. The summed E-state index contributed by atoms with van der Waals surface area (Å²) in [6.07, 6.45) is 1.70. The largest absolute Gasteiger partial charge is 0.466 e. The van der Waals surface area contributed by atoms with Crippen LogP contribution in [0.25, 0.3) is 0 Å². The minimum Gasteiger partial charge on any atom is -0.466 e. The van der Waals surface area contributed by atoms with Gasteiger partial charge in [0.1, 0.15) is 0 Å². The molecule has 1 aliphatic heterocycles. The zero-order valence-corrected chi connectivity index (χ0v) is 10.7. The van der Waals surface area contributed by atoms with Crippen molar-refractivity contribution in [3.8, 4) is 0 Å². The van der Waals surface area contributed by atoms with E-state index in [1.54, 1.807) is 0 Å². The average molecular weight is 228 g/mol. The number of carbonyl (C=O) groups is 1. The number of likely N-dealkylation sites (N-methyl/N-ethyl adjacent to an activating group) is 1. The maximum Gasteiger partial charge on any atom is 0.307 e. The van der Waals surface area contributed by atoms with Crippen molar-refractivity contribution in [2.45, 2.75) is 32.7 Å². The van der Waals surface area contributed by atoms with Crippen molar-refractivity contribution in [2.75, 3.05) is 39.8 Å². The topological polar surface area (TPSA) is 32.8 Å². The fraction of sp³-hybridized carbons (Fsp3) is 0.917. The molecule has 4 nitrogen and oxygen atoms in total. The molecule has 0 aliphatic carbocycles. The second-order valence-electron chi connectivity index (χ2n) is 4.56. The third-order valence-corrected chi connectivity index (χ3v) is 3.09. The highest BCUT2D eigenvalue weighted by molar-refractivity contribution is 5.69. The zero-order chi connectivity index (χ0) is 12.0. The molecule has 1 unspecified atom stereocenters. The van der Waals surface area contributed by atoms with Crippen LogP contribution in [0.4, 0.5) is 0 Å². The van der Waals surface area contributed by atoms with Crippen LogP contribution in [0.15, 0.2) is 0 Å². The minimum atomic E-state index is -0.0766. The van der Waals surface area contributed by atoms with Crippen LogP contribution in [0, 0.1) is 0 Å². The molecule has 0 bridgehead atoms. The molecule has 16 heavy (non-hydrogen) atoms. The Hall–Kier alpha value is -0.610. The summed E-state index contributed by atoms with van der Waals surface area (Å²) in [5.41, 5.74) is 0. The second kappa shape index (κ2) is 6.86. The maximum absolute atomic E-state index is 11.3. The van der Waals surface area contributed by atoms with E-state index < -0.39 is 0 Å². The molecule has 4 heteroatoms. The highest BCUT2D eigenvalue weighted by Crippen LogP contribution is 2.09. The molecule has 0 N–H and O–H groups in total. The number of nitrogens with zero attached hydrogens (tertiary/aromatic N) is 2. The van der Waals surface area contributed by atoms with Crippen molar-refractivity contribution in [3.05, 3.63) is 0 Å². The Balaban J connectivity index is 2.32.